The topological polar surface area (TPSA) is 62.3 Å². The van der Waals surface area contributed by atoms with Gasteiger partial charge in [-0.15, -0.1) is 11.3 Å². The first-order chi connectivity index (χ1) is 11.6. The number of thiazole rings is 1. The summed E-state index contributed by atoms with van der Waals surface area (Å²) in [6, 6.07) is 10.3. The minimum atomic E-state index is -0.148. The fourth-order valence-electron chi connectivity index (χ4n) is 2.82. The van der Waals surface area contributed by atoms with Crippen molar-refractivity contribution in [3.05, 3.63) is 52.0 Å². The molecule has 1 fully saturated rings. The van der Waals surface area contributed by atoms with Crippen molar-refractivity contribution in [2.24, 2.45) is 0 Å². The summed E-state index contributed by atoms with van der Waals surface area (Å²) in [6.07, 6.45) is 2.94. The Morgan fingerprint density at radius 1 is 1.33 bits per heavy atom. The van der Waals surface area contributed by atoms with Gasteiger partial charge in [-0.05, 0) is 18.4 Å². The Kier molecular flexibility index (Phi) is 5.25. The van der Waals surface area contributed by atoms with Crippen molar-refractivity contribution in [3.63, 3.8) is 0 Å². The number of rotatable bonds is 5. The number of piperidine rings is 1. The molecule has 1 N–H and O–H groups in total. The number of hydrogen-bond acceptors (Lipinski definition) is 4. The quantitative estimate of drug-likeness (QED) is 0.906. The minimum Gasteiger partial charge on any atom is -0.346 e. The Hall–Kier alpha value is -2.21. The van der Waals surface area contributed by atoms with Gasteiger partial charge in [-0.25, -0.2) is 4.98 Å². The van der Waals surface area contributed by atoms with Crippen LogP contribution in [0.15, 0.2) is 35.7 Å². The fraction of sp³-hybridized carbons (Fsp3) is 0.389. The summed E-state index contributed by atoms with van der Waals surface area (Å²) in [6.45, 7) is 0.565. The molecule has 1 aliphatic heterocycles. The summed E-state index contributed by atoms with van der Waals surface area (Å²) < 4.78 is 0. The van der Waals surface area contributed by atoms with E-state index >= 15 is 0 Å². The normalized spacial score (nSPS) is 17.8. The van der Waals surface area contributed by atoms with E-state index in [-0.39, 0.29) is 17.9 Å². The molecule has 1 aromatic carbocycles. The standard InChI is InChI=1S/C18H21N3O2S/c1-21-11-14(8-10-17(21)22)19-18(23)15-12-24-16(20-15)9-7-13-5-3-2-4-6-13/h2-6,12,14H,7-11H2,1H3,(H,19,23)/t14-/m1/s1. The number of carbonyl (C=O) groups excluding carboxylic acids is 2. The lowest BCUT2D eigenvalue weighted by Crippen LogP contribution is -2.48. The number of hydrogen-bond donors (Lipinski definition) is 1. The molecule has 0 saturated carbocycles. The van der Waals surface area contributed by atoms with Crippen LogP contribution in [-0.2, 0) is 17.6 Å². The Bertz CT molecular complexity index is 714. The molecule has 1 saturated heterocycles. The number of benzene rings is 1. The Morgan fingerprint density at radius 3 is 2.88 bits per heavy atom. The molecule has 1 atom stereocenters. The van der Waals surface area contributed by atoms with Gasteiger partial charge < -0.3 is 10.2 Å². The van der Waals surface area contributed by atoms with E-state index in [1.807, 2.05) is 23.6 Å². The van der Waals surface area contributed by atoms with Gasteiger partial charge in [0.2, 0.25) is 5.91 Å². The van der Waals surface area contributed by atoms with Crippen LogP contribution < -0.4 is 5.32 Å². The average molecular weight is 343 g/mol. The van der Waals surface area contributed by atoms with Crippen LogP contribution in [-0.4, -0.2) is 41.3 Å². The van der Waals surface area contributed by atoms with Gasteiger partial charge >= 0.3 is 0 Å². The van der Waals surface area contributed by atoms with Gasteiger partial charge in [-0.3, -0.25) is 9.59 Å². The molecule has 0 aliphatic carbocycles. The molecule has 2 aromatic rings. The van der Waals surface area contributed by atoms with Gasteiger partial charge in [0.15, 0.2) is 0 Å². The van der Waals surface area contributed by atoms with Crippen molar-refractivity contribution < 1.29 is 9.59 Å². The second-order valence-electron chi connectivity index (χ2n) is 6.10. The molecule has 2 heterocycles. The first-order valence-electron chi connectivity index (χ1n) is 8.15. The van der Waals surface area contributed by atoms with E-state index in [0.717, 1.165) is 17.8 Å². The number of carbonyl (C=O) groups is 2. The van der Waals surface area contributed by atoms with E-state index in [2.05, 4.69) is 22.4 Å². The molecule has 0 spiro atoms. The van der Waals surface area contributed by atoms with Gasteiger partial charge in [0.1, 0.15) is 5.69 Å². The number of aromatic nitrogens is 1. The molecular weight excluding hydrogens is 322 g/mol. The second kappa shape index (κ2) is 7.57. The highest BCUT2D eigenvalue weighted by molar-refractivity contribution is 7.09. The summed E-state index contributed by atoms with van der Waals surface area (Å²) in [4.78, 5) is 29.9. The van der Waals surface area contributed by atoms with Crippen LogP contribution in [0.1, 0.15) is 33.9 Å². The van der Waals surface area contributed by atoms with Crippen LogP contribution in [0.2, 0.25) is 0 Å². The highest BCUT2D eigenvalue weighted by atomic mass is 32.1. The zero-order valence-electron chi connectivity index (χ0n) is 13.7. The van der Waals surface area contributed by atoms with E-state index < -0.39 is 0 Å². The second-order valence-corrected chi connectivity index (χ2v) is 7.04. The number of aryl methyl sites for hydroxylation is 2. The number of likely N-dealkylation sites (tertiary alicyclic amines) is 1. The van der Waals surface area contributed by atoms with E-state index in [4.69, 9.17) is 0 Å². The maximum absolute atomic E-state index is 12.3. The zero-order valence-corrected chi connectivity index (χ0v) is 14.5. The molecule has 5 nitrogen and oxygen atoms in total. The molecule has 0 bridgehead atoms. The Labute approximate surface area is 145 Å². The van der Waals surface area contributed by atoms with Crippen molar-refractivity contribution in [2.45, 2.75) is 31.7 Å². The van der Waals surface area contributed by atoms with E-state index in [1.165, 1.54) is 16.9 Å². The third kappa shape index (κ3) is 4.20. The highest BCUT2D eigenvalue weighted by Gasteiger charge is 2.25. The van der Waals surface area contributed by atoms with Gasteiger partial charge in [-0.1, -0.05) is 30.3 Å². The third-order valence-electron chi connectivity index (χ3n) is 4.22. The van der Waals surface area contributed by atoms with Gasteiger partial charge in [0, 0.05) is 37.9 Å². The van der Waals surface area contributed by atoms with Gasteiger partial charge in [0.25, 0.3) is 5.91 Å². The van der Waals surface area contributed by atoms with Crippen LogP contribution in [0.3, 0.4) is 0 Å². The van der Waals surface area contributed by atoms with Crippen molar-refractivity contribution >= 4 is 23.2 Å². The van der Waals surface area contributed by atoms with Crippen molar-refractivity contribution in [2.75, 3.05) is 13.6 Å². The first kappa shape index (κ1) is 16.6. The van der Waals surface area contributed by atoms with Crippen LogP contribution >= 0.6 is 11.3 Å². The number of nitrogens with one attached hydrogen (secondary N) is 1. The number of amides is 2. The smallest absolute Gasteiger partial charge is 0.271 e. The lowest BCUT2D eigenvalue weighted by molar-refractivity contribution is -0.132. The molecule has 3 rings (SSSR count). The summed E-state index contributed by atoms with van der Waals surface area (Å²) >= 11 is 1.52. The molecule has 2 amide bonds. The largest absolute Gasteiger partial charge is 0.346 e. The molecule has 0 unspecified atom stereocenters. The van der Waals surface area contributed by atoms with Crippen LogP contribution in [0.25, 0.3) is 0 Å². The molecule has 126 valence electrons. The Balaban J connectivity index is 1.53. The van der Waals surface area contributed by atoms with Gasteiger partial charge in [0.05, 0.1) is 5.01 Å². The van der Waals surface area contributed by atoms with Crippen molar-refractivity contribution in [3.8, 4) is 0 Å². The Morgan fingerprint density at radius 2 is 2.12 bits per heavy atom. The lowest BCUT2D eigenvalue weighted by Gasteiger charge is -2.29. The molecule has 1 aromatic heterocycles. The lowest BCUT2D eigenvalue weighted by atomic mass is 10.1. The van der Waals surface area contributed by atoms with E-state index in [9.17, 15) is 9.59 Å². The van der Waals surface area contributed by atoms with Crippen LogP contribution in [0.4, 0.5) is 0 Å². The summed E-state index contributed by atoms with van der Waals surface area (Å²) in [5.74, 6) is -0.0117. The summed E-state index contributed by atoms with van der Waals surface area (Å²) in [5.41, 5.74) is 1.75. The highest BCUT2D eigenvalue weighted by Crippen LogP contribution is 2.15. The number of nitrogens with zero attached hydrogens (tertiary/aromatic N) is 2. The molecule has 0 radical (unpaired) electrons. The van der Waals surface area contributed by atoms with Crippen LogP contribution in [0, 0.1) is 0 Å². The third-order valence-corrected chi connectivity index (χ3v) is 5.13. The van der Waals surface area contributed by atoms with Crippen molar-refractivity contribution in [1.82, 2.24) is 15.2 Å². The van der Waals surface area contributed by atoms with E-state index in [0.29, 0.717) is 25.1 Å². The first-order valence-corrected chi connectivity index (χ1v) is 9.03. The van der Waals surface area contributed by atoms with Gasteiger partial charge in [-0.2, -0.15) is 0 Å². The average Bonchev–Trinajstić information content (AvgIpc) is 3.06. The maximum atomic E-state index is 12.3. The predicted octanol–water partition coefficient (Wildman–Crippen LogP) is 2.28. The SMILES string of the molecule is CN1C[C@H](NC(=O)c2csc(CCc3ccccc3)n2)CCC1=O. The summed E-state index contributed by atoms with van der Waals surface area (Å²) in [5, 5.41) is 5.77. The maximum Gasteiger partial charge on any atom is 0.271 e. The summed E-state index contributed by atoms with van der Waals surface area (Å²) in [7, 11) is 1.77. The monoisotopic (exact) mass is 343 g/mol. The predicted molar refractivity (Wildman–Crippen MR) is 94.1 cm³/mol. The molecular formula is C18H21N3O2S. The number of likely N-dealkylation sites (N-methyl/N-ethyl adjacent to an activating group) is 1. The molecule has 24 heavy (non-hydrogen) atoms. The molecule has 1 aliphatic rings. The van der Waals surface area contributed by atoms with E-state index in [1.54, 1.807) is 11.9 Å². The molecule has 6 heteroatoms. The van der Waals surface area contributed by atoms with Crippen LogP contribution in [0.5, 0.6) is 0 Å². The van der Waals surface area contributed by atoms with Crippen molar-refractivity contribution in [1.29, 1.82) is 0 Å². The fourth-order valence-corrected chi connectivity index (χ4v) is 3.59. The minimum absolute atomic E-state index is 0.00895. The zero-order chi connectivity index (χ0) is 16.9.